The molecule has 0 aromatic heterocycles. The molecule has 0 bridgehead atoms. The standard InChI is InChI=1S/C20H23NO4/c1-3-14(13-19(22)23)20(21)15-9-11-16(12-10-15)25-18-8-6-5-7-17(18)24-4-2/h5-12,14,21H,3-4,13H2,1-2H3,(H,22,23)/t14-/m0/s1. The largest absolute Gasteiger partial charge is 0.490 e. The molecule has 1 atom stereocenters. The van der Waals surface area contributed by atoms with Crippen molar-refractivity contribution in [2.75, 3.05) is 6.61 Å². The first-order chi connectivity index (χ1) is 12.0. The zero-order chi connectivity index (χ0) is 18.2. The monoisotopic (exact) mass is 341 g/mol. The average molecular weight is 341 g/mol. The summed E-state index contributed by atoms with van der Waals surface area (Å²) >= 11 is 0. The highest BCUT2D eigenvalue weighted by Crippen LogP contribution is 2.31. The van der Waals surface area contributed by atoms with Crippen LogP contribution in [0.15, 0.2) is 48.5 Å². The van der Waals surface area contributed by atoms with Crippen molar-refractivity contribution in [2.45, 2.75) is 26.7 Å². The maximum Gasteiger partial charge on any atom is 0.304 e. The third-order valence-corrected chi connectivity index (χ3v) is 3.86. The summed E-state index contributed by atoms with van der Waals surface area (Å²) < 4.78 is 11.4. The summed E-state index contributed by atoms with van der Waals surface area (Å²) in [6.45, 7) is 4.36. The molecule has 2 rings (SSSR count). The van der Waals surface area contributed by atoms with Crippen LogP contribution in [0.1, 0.15) is 32.3 Å². The molecule has 0 saturated carbocycles. The molecule has 0 spiro atoms. The molecular formula is C20H23NO4. The van der Waals surface area contributed by atoms with E-state index in [1.807, 2.05) is 38.1 Å². The summed E-state index contributed by atoms with van der Waals surface area (Å²) in [4.78, 5) is 10.9. The van der Waals surface area contributed by atoms with Gasteiger partial charge < -0.3 is 20.0 Å². The zero-order valence-corrected chi connectivity index (χ0v) is 14.5. The molecule has 2 N–H and O–H groups in total. The summed E-state index contributed by atoms with van der Waals surface area (Å²) in [5.74, 6) is 0.765. The maximum absolute atomic E-state index is 10.9. The molecule has 2 aromatic rings. The van der Waals surface area contributed by atoms with Crippen molar-refractivity contribution in [2.24, 2.45) is 5.92 Å². The van der Waals surface area contributed by atoms with Gasteiger partial charge in [-0.15, -0.1) is 0 Å². The number of hydrogen-bond acceptors (Lipinski definition) is 4. The van der Waals surface area contributed by atoms with Gasteiger partial charge in [0.15, 0.2) is 11.5 Å². The van der Waals surface area contributed by atoms with Gasteiger partial charge in [0.1, 0.15) is 5.75 Å². The van der Waals surface area contributed by atoms with Crippen LogP contribution < -0.4 is 9.47 Å². The molecule has 5 nitrogen and oxygen atoms in total. The highest BCUT2D eigenvalue weighted by molar-refractivity contribution is 6.01. The molecule has 0 fully saturated rings. The first-order valence-corrected chi connectivity index (χ1v) is 8.35. The van der Waals surface area contributed by atoms with E-state index in [0.717, 1.165) is 0 Å². The van der Waals surface area contributed by atoms with Crippen LogP contribution in [-0.2, 0) is 4.79 Å². The normalized spacial score (nSPS) is 11.6. The van der Waals surface area contributed by atoms with Crippen molar-refractivity contribution < 1.29 is 19.4 Å². The number of aliphatic carboxylic acids is 1. The quantitative estimate of drug-likeness (QED) is 0.645. The van der Waals surface area contributed by atoms with E-state index in [1.54, 1.807) is 24.3 Å². The van der Waals surface area contributed by atoms with E-state index >= 15 is 0 Å². The number of hydrogen-bond donors (Lipinski definition) is 2. The summed E-state index contributed by atoms with van der Waals surface area (Å²) in [7, 11) is 0. The molecule has 2 aromatic carbocycles. The minimum atomic E-state index is -0.885. The second-order valence-electron chi connectivity index (χ2n) is 5.62. The molecule has 0 heterocycles. The molecule has 25 heavy (non-hydrogen) atoms. The number of nitrogens with one attached hydrogen (secondary N) is 1. The fraction of sp³-hybridized carbons (Fsp3) is 0.300. The van der Waals surface area contributed by atoms with Crippen LogP contribution in [-0.4, -0.2) is 23.4 Å². The number of rotatable bonds is 9. The molecule has 0 radical (unpaired) electrons. The Kier molecular flexibility index (Phi) is 6.57. The number of carbonyl (C=O) groups is 1. The highest BCUT2D eigenvalue weighted by Gasteiger charge is 2.18. The third kappa shape index (κ3) is 5.08. The Balaban J connectivity index is 2.12. The van der Waals surface area contributed by atoms with Crippen molar-refractivity contribution in [3.05, 3.63) is 54.1 Å². The van der Waals surface area contributed by atoms with Crippen LogP contribution in [0.4, 0.5) is 0 Å². The lowest BCUT2D eigenvalue weighted by Gasteiger charge is -2.15. The molecule has 0 saturated heterocycles. The van der Waals surface area contributed by atoms with Crippen LogP contribution >= 0.6 is 0 Å². The second kappa shape index (κ2) is 8.87. The maximum atomic E-state index is 10.9. The molecule has 0 aliphatic carbocycles. The van der Waals surface area contributed by atoms with Crippen molar-refractivity contribution in [1.29, 1.82) is 5.41 Å². The minimum Gasteiger partial charge on any atom is -0.490 e. The number of ether oxygens (including phenoxy) is 2. The van der Waals surface area contributed by atoms with Crippen molar-refractivity contribution in [3.63, 3.8) is 0 Å². The van der Waals surface area contributed by atoms with Crippen molar-refractivity contribution >= 4 is 11.7 Å². The molecule has 132 valence electrons. The number of benzene rings is 2. The van der Waals surface area contributed by atoms with Gasteiger partial charge >= 0.3 is 5.97 Å². The Bertz CT molecular complexity index is 725. The molecule has 0 amide bonds. The summed E-state index contributed by atoms with van der Waals surface area (Å²) in [6.07, 6.45) is 0.584. The fourth-order valence-corrected chi connectivity index (χ4v) is 2.54. The second-order valence-corrected chi connectivity index (χ2v) is 5.62. The minimum absolute atomic E-state index is 0.0324. The van der Waals surface area contributed by atoms with E-state index in [2.05, 4.69) is 0 Å². The van der Waals surface area contributed by atoms with Crippen molar-refractivity contribution in [3.8, 4) is 17.2 Å². The number of carboxylic acids is 1. The van der Waals surface area contributed by atoms with Crippen LogP contribution in [0.3, 0.4) is 0 Å². The number of carboxylic acid groups (broad SMARTS) is 1. The number of para-hydroxylation sites is 2. The van der Waals surface area contributed by atoms with E-state index in [0.29, 0.717) is 41.6 Å². The van der Waals surface area contributed by atoms with Gasteiger partial charge in [-0.05, 0) is 55.3 Å². The van der Waals surface area contributed by atoms with Crippen LogP contribution in [0, 0.1) is 11.3 Å². The Morgan fingerprint density at radius 2 is 1.72 bits per heavy atom. The summed E-state index contributed by atoms with van der Waals surface area (Å²) in [6, 6.07) is 14.6. The van der Waals surface area contributed by atoms with Gasteiger partial charge in [0.05, 0.1) is 13.0 Å². The smallest absolute Gasteiger partial charge is 0.304 e. The Labute approximate surface area is 147 Å². The molecular weight excluding hydrogens is 318 g/mol. The average Bonchev–Trinajstić information content (AvgIpc) is 2.61. The van der Waals surface area contributed by atoms with Gasteiger partial charge in [0.25, 0.3) is 0 Å². The summed E-state index contributed by atoms with van der Waals surface area (Å²) in [5.41, 5.74) is 1.05. The van der Waals surface area contributed by atoms with E-state index in [1.165, 1.54) is 0 Å². The van der Waals surface area contributed by atoms with Gasteiger partial charge in [0, 0.05) is 11.6 Å². The van der Waals surface area contributed by atoms with Crippen LogP contribution in [0.2, 0.25) is 0 Å². The fourth-order valence-electron chi connectivity index (χ4n) is 2.54. The van der Waals surface area contributed by atoms with Crippen LogP contribution in [0.5, 0.6) is 17.2 Å². The molecule has 0 aliphatic rings. The van der Waals surface area contributed by atoms with Gasteiger partial charge in [-0.25, -0.2) is 0 Å². The zero-order valence-electron chi connectivity index (χ0n) is 14.5. The van der Waals surface area contributed by atoms with Gasteiger partial charge in [-0.2, -0.15) is 0 Å². The lowest BCUT2D eigenvalue weighted by molar-refractivity contribution is -0.137. The molecule has 0 unspecified atom stereocenters. The topological polar surface area (TPSA) is 79.6 Å². The first kappa shape index (κ1) is 18.5. The highest BCUT2D eigenvalue weighted by atomic mass is 16.5. The van der Waals surface area contributed by atoms with E-state index < -0.39 is 5.97 Å². The van der Waals surface area contributed by atoms with E-state index in [9.17, 15) is 4.79 Å². The SMILES string of the molecule is CCOc1ccccc1Oc1ccc(C(=N)[C@@H](CC)CC(=O)O)cc1. The van der Waals surface area contributed by atoms with Gasteiger partial charge in [0.2, 0.25) is 0 Å². The Morgan fingerprint density at radius 1 is 1.08 bits per heavy atom. The summed E-state index contributed by atoms with van der Waals surface area (Å²) in [5, 5.41) is 17.2. The third-order valence-electron chi connectivity index (χ3n) is 3.86. The first-order valence-electron chi connectivity index (χ1n) is 8.35. The molecule has 0 aliphatic heterocycles. The van der Waals surface area contributed by atoms with Crippen LogP contribution in [0.25, 0.3) is 0 Å². The van der Waals surface area contributed by atoms with Crippen molar-refractivity contribution in [1.82, 2.24) is 0 Å². The predicted octanol–water partition coefficient (Wildman–Crippen LogP) is 4.75. The van der Waals surface area contributed by atoms with E-state index in [4.69, 9.17) is 20.0 Å². The van der Waals surface area contributed by atoms with Gasteiger partial charge in [-0.1, -0.05) is 19.1 Å². The van der Waals surface area contributed by atoms with Gasteiger partial charge in [-0.3, -0.25) is 4.79 Å². The Morgan fingerprint density at radius 3 is 2.28 bits per heavy atom. The lowest BCUT2D eigenvalue weighted by atomic mass is 9.91. The Hall–Kier alpha value is -2.82. The molecule has 5 heteroatoms. The lowest BCUT2D eigenvalue weighted by Crippen LogP contribution is -2.17. The predicted molar refractivity (Wildman–Crippen MR) is 97.0 cm³/mol. The van der Waals surface area contributed by atoms with E-state index in [-0.39, 0.29) is 12.3 Å².